The van der Waals surface area contributed by atoms with Crippen LogP contribution in [0.25, 0.3) is 10.8 Å². The number of carbonyl (C=O) groups is 1. The van der Waals surface area contributed by atoms with Crippen LogP contribution < -0.4 is 23.8 Å². The van der Waals surface area contributed by atoms with Gasteiger partial charge in [0, 0.05) is 0 Å². The molecule has 0 aromatic heterocycles. The van der Waals surface area contributed by atoms with Crippen LogP contribution >= 0.6 is 0 Å². The molecule has 4 aromatic rings. The first-order valence-electron chi connectivity index (χ1n) is 11.8. The first-order chi connectivity index (χ1) is 18.0. The summed E-state index contributed by atoms with van der Waals surface area (Å²) in [5, 5.41) is 4.97. The van der Waals surface area contributed by atoms with Crippen LogP contribution in [0.3, 0.4) is 0 Å². The van der Waals surface area contributed by atoms with E-state index in [0.29, 0.717) is 22.9 Å². The molecule has 0 unspecified atom stereocenters. The summed E-state index contributed by atoms with van der Waals surface area (Å²) in [5.41, 5.74) is 0.377. The number of benzene rings is 4. The first kappa shape index (κ1) is 24.5. The van der Waals surface area contributed by atoms with Gasteiger partial charge in [-0.25, -0.2) is 8.42 Å². The molecule has 1 N–H and O–H groups in total. The second-order valence-corrected chi connectivity index (χ2v) is 10.3. The summed E-state index contributed by atoms with van der Waals surface area (Å²) in [6.07, 6.45) is -1.02. The van der Waals surface area contributed by atoms with E-state index in [1.165, 1.54) is 23.5 Å². The molecular formula is C28H26N2O6S. The molecule has 1 aliphatic heterocycles. The molecule has 1 aliphatic rings. The zero-order chi connectivity index (χ0) is 25.8. The molecule has 1 atom stereocenters. The normalized spacial score (nSPS) is 14.9. The second kappa shape index (κ2) is 10.4. The topological polar surface area (TPSA) is 94.2 Å². The van der Waals surface area contributed by atoms with Gasteiger partial charge in [-0.3, -0.25) is 9.10 Å². The fraction of sp³-hybridized carbons (Fsp3) is 0.179. The van der Waals surface area contributed by atoms with Crippen LogP contribution in [0, 0.1) is 0 Å². The number of nitrogens with one attached hydrogen (secondary N) is 1. The Bertz CT molecular complexity index is 1520. The van der Waals surface area contributed by atoms with Crippen molar-refractivity contribution in [1.82, 2.24) is 5.32 Å². The number of anilines is 1. The van der Waals surface area contributed by atoms with Crippen LogP contribution in [0.5, 0.6) is 17.2 Å². The van der Waals surface area contributed by atoms with Gasteiger partial charge < -0.3 is 19.5 Å². The van der Waals surface area contributed by atoms with E-state index in [0.717, 1.165) is 10.8 Å². The molecule has 1 amide bonds. The van der Waals surface area contributed by atoms with E-state index >= 15 is 0 Å². The van der Waals surface area contributed by atoms with Crippen LogP contribution in [0.2, 0.25) is 0 Å². The van der Waals surface area contributed by atoms with Crippen molar-refractivity contribution in [3.8, 4) is 17.2 Å². The average Bonchev–Trinajstić information content (AvgIpc) is 2.94. The van der Waals surface area contributed by atoms with Gasteiger partial charge in [0.1, 0.15) is 23.9 Å². The van der Waals surface area contributed by atoms with Crippen molar-refractivity contribution >= 4 is 32.4 Å². The van der Waals surface area contributed by atoms with Crippen molar-refractivity contribution in [3.05, 3.63) is 91.0 Å². The van der Waals surface area contributed by atoms with Crippen LogP contribution in [-0.2, 0) is 14.8 Å². The number of nitrogens with zero attached hydrogens (tertiary/aromatic N) is 1. The Labute approximate surface area is 215 Å². The Balaban J connectivity index is 1.26. The van der Waals surface area contributed by atoms with Gasteiger partial charge in [0.15, 0.2) is 6.10 Å². The summed E-state index contributed by atoms with van der Waals surface area (Å²) in [4.78, 5) is 13.0. The molecule has 0 saturated carbocycles. The monoisotopic (exact) mass is 518 g/mol. The van der Waals surface area contributed by atoms with Crippen LogP contribution in [0.4, 0.5) is 5.69 Å². The molecule has 8 nitrogen and oxygen atoms in total. The molecule has 37 heavy (non-hydrogen) atoms. The third-order valence-electron chi connectivity index (χ3n) is 6.07. The molecular weight excluding hydrogens is 492 g/mol. The van der Waals surface area contributed by atoms with Crippen molar-refractivity contribution in [3.63, 3.8) is 0 Å². The van der Waals surface area contributed by atoms with Crippen molar-refractivity contribution in [2.45, 2.75) is 11.0 Å². The fourth-order valence-electron chi connectivity index (χ4n) is 4.16. The van der Waals surface area contributed by atoms with E-state index in [9.17, 15) is 13.2 Å². The average molecular weight is 519 g/mol. The van der Waals surface area contributed by atoms with Crippen molar-refractivity contribution in [2.24, 2.45) is 0 Å². The molecule has 0 radical (unpaired) electrons. The van der Waals surface area contributed by atoms with Crippen molar-refractivity contribution in [1.29, 1.82) is 0 Å². The van der Waals surface area contributed by atoms with Gasteiger partial charge in [0.05, 0.1) is 30.8 Å². The molecule has 0 aliphatic carbocycles. The molecule has 1 heterocycles. The highest BCUT2D eigenvalue weighted by atomic mass is 32.2. The number of para-hydroxylation sites is 2. The fourth-order valence-corrected chi connectivity index (χ4v) is 5.63. The first-order valence-corrected chi connectivity index (χ1v) is 13.2. The van der Waals surface area contributed by atoms with Gasteiger partial charge in [-0.1, -0.05) is 42.5 Å². The minimum Gasteiger partial charge on any atom is -0.497 e. The zero-order valence-electron chi connectivity index (χ0n) is 20.2. The maximum absolute atomic E-state index is 13.5. The van der Waals surface area contributed by atoms with Crippen molar-refractivity contribution in [2.75, 3.05) is 31.1 Å². The second-order valence-electron chi connectivity index (χ2n) is 8.43. The van der Waals surface area contributed by atoms with Gasteiger partial charge in [0.25, 0.3) is 15.9 Å². The van der Waals surface area contributed by atoms with E-state index in [4.69, 9.17) is 14.2 Å². The van der Waals surface area contributed by atoms with Gasteiger partial charge in [-0.05, 0) is 59.3 Å². The number of hydrogen-bond donors (Lipinski definition) is 1. The summed E-state index contributed by atoms with van der Waals surface area (Å²) in [6, 6.07) is 26.7. The van der Waals surface area contributed by atoms with Gasteiger partial charge in [-0.2, -0.15) is 0 Å². The smallest absolute Gasteiger partial charge is 0.264 e. The lowest BCUT2D eigenvalue weighted by molar-refractivity contribution is -0.127. The van der Waals surface area contributed by atoms with Gasteiger partial charge in [0.2, 0.25) is 0 Å². The highest BCUT2D eigenvalue weighted by molar-refractivity contribution is 7.92. The molecule has 0 spiro atoms. The standard InChI is InChI=1S/C28H26N2O6S/c1-34-22-12-14-24(15-13-22)37(32,33)30-19-27(36-26-9-5-4-8-25(26)30)28(31)29-16-17-35-23-11-10-20-6-2-3-7-21(20)18-23/h2-15,18,27H,16-17,19H2,1H3,(H,29,31)/t27-/m1/s1. The number of rotatable bonds is 8. The van der Waals surface area contributed by atoms with Crippen molar-refractivity contribution < 1.29 is 27.4 Å². The van der Waals surface area contributed by atoms with Crippen LogP contribution in [-0.4, -0.2) is 47.2 Å². The quantitative estimate of drug-likeness (QED) is 0.355. The summed E-state index contributed by atoms with van der Waals surface area (Å²) >= 11 is 0. The SMILES string of the molecule is COc1ccc(S(=O)(=O)N2C[C@H](C(=O)NCCOc3ccc4ccccc4c3)Oc3ccccc32)cc1. The highest BCUT2D eigenvalue weighted by Crippen LogP contribution is 2.37. The molecule has 0 bridgehead atoms. The summed E-state index contributed by atoms with van der Waals surface area (Å²) in [7, 11) is -2.44. The number of methoxy groups -OCH3 is 1. The molecule has 0 saturated heterocycles. The minimum absolute atomic E-state index is 0.0907. The van der Waals surface area contributed by atoms with Gasteiger partial charge >= 0.3 is 0 Å². The third-order valence-corrected chi connectivity index (χ3v) is 7.86. The molecule has 5 rings (SSSR count). The molecule has 4 aromatic carbocycles. The van der Waals surface area contributed by atoms with Gasteiger partial charge in [-0.15, -0.1) is 0 Å². The maximum Gasteiger partial charge on any atom is 0.264 e. The highest BCUT2D eigenvalue weighted by Gasteiger charge is 2.37. The predicted octanol–water partition coefficient (Wildman–Crippen LogP) is 4.00. The Hall–Kier alpha value is -4.24. The number of fused-ring (bicyclic) bond motifs is 2. The zero-order valence-corrected chi connectivity index (χ0v) is 21.0. The molecule has 190 valence electrons. The number of carbonyl (C=O) groups excluding carboxylic acids is 1. The van der Waals surface area contributed by atoms with Crippen LogP contribution in [0.1, 0.15) is 0 Å². The van der Waals surface area contributed by atoms with E-state index in [2.05, 4.69) is 5.32 Å². The summed E-state index contributed by atoms with van der Waals surface area (Å²) < 4.78 is 45.0. The van der Waals surface area contributed by atoms with E-state index in [1.54, 1.807) is 36.4 Å². The van der Waals surface area contributed by atoms with E-state index in [1.807, 2.05) is 42.5 Å². The lowest BCUT2D eigenvalue weighted by Gasteiger charge is -2.34. The lowest BCUT2D eigenvalue weighted by atomic mass is 10.1. The number of hydrogen-bond acceptors (Lipinski definition) is 6. The number of amides is 1. The van der Waals surface area contributed by atoms with E-state index in [-0.39, 0.29) is 24.6 Å². The minimum atomic E-state index is -3.95. The third kappa shape index (κ3) is 5.17. The van der Waals surface area contributed by atoms with Crippen LogP contribution in [0.15, 0.2) is 95.9 Å². The lowest BCUT2D eigenvalue weighted by Crippen LogP contribution is -2.51. The number of sulfonamides is 1. The Morgan fingerprint density at radius 3 is 2.43 bits per heavy atom. The molecule has 9 heteroatoms. The maximum atomic E-state index is 13.5. The Morgan fingerprint density at radius 1 is 0.946 bits per heavy atom. The summed E-state index contributed by atoms with van der Waals surface area (Å²) in [6.45, 7) is 0.322. The van der Waals surface area contributed by atoms with E-state index < -0.39 is 22.0 Å². The summed E-state index contributed by atoms with van der Waals surface area (Å²) in [5.74, 6) is 1.14. The predicted molar refractivity (Wildman–Crippen MR) is 141 cm³/mol. The largest absolute Gasteiger partial charge is 0.497 e. The Kier molecular flexibility index (Phi) is 6.87. The number of ether oxygens (including phenoxy) is 3. The molecule has 0 fully saturated rings. The Morgan fingerprint density at radius 2 is 1.65 bits per heavy atom.